The highest BCUT2D eigenvalue weighted by atomic mass is 16.5. The Hall–Kier alpha value is -3.97. The first-order valence-corrected chi connectivity index (χ1v) is 11.5. The summed E-state index contributed by atoms with van der Waals surface area (Å²) in [5, 5.41) is 30.4. The predicted molar refractivity (Wildman–Crippen MR) is 134 cm³/mol. The van der Waals surface area contributed by atoms with E-state index in [0.717, 1.165) is 17.5 Å². The van der Waals surface area contributed by atoms with Crippen LogP contribution in [0.3, 0.4) is 0 Å². The van der Waals surface area contributed by atoms with Crippen LogP contribution in [0, 0.1) is 11.3 Å². The summed E-state index contributed by atoms with van der Waals surface area (Å²) < 4.78 is 5.92. The number of benzene rings is 3. The molecular weight excluding hydrogens is 444 g/mol. The van der Waals surface area contributed by atoms with Gasteiger partial charge in [-0.1, -0.05) is 67.6 Å². The lowest BCUT2D eigenvalue weighted by Gasteiger charge is -2.18. The first kappa shape index (κ1) is 25.6. The van der Waals surface area contributed by atoms with Gasteiger partial charge in [-0.25, -0.2) is 4.79 Å². The number of hydrogen-bond donors (Lipinski definition) is 4. The number of nitrogens with one attached hydrogen (secondary N) is 2. The van der Waals surface area contributed by atoms with Crippen molar-refractivity contribution in [1.29, 1.82) is 5.41 Å². The SMILES string of the molecule is CCC(COc1ccc(CC(NCc2ccccc2C(=O)O)C(=O)O)cc1)C(=N)c1ccccc1. The minimum atomic E-state index is -1.05. The molecule has 182 valence electrons. The van der Waals surface area contributed by atoms with Crippen LogP contribution >= 0.6 is 0 Å². The van der Waals surface area contributed by atoms with Crippen LogP contribution in [0.1, 0.15) is 40.4 Å². The van der Waals surface area contributed by atoms with E-state index in [0.29, 0.717) is 23.6 Å². The van der Waals surface area contributed by atoms with Crippen molar-refractivity contribution >= 4 is 17.7 Å². The Bertz CT molecular complexity index is 1150. The maximum absolute atomic E-state index is 11.8. The molecule has 0 saturated heterocycles. The molecule has 0 saturated carbocycles. The van der Waals surface area contributed by atoms with E-state index in [1.165, 1.54) is 6.07 Å². The summed E-state index contributed by atoms with van der Waals surface area (Å²) in [6, 6.07) is 22.5. The van der Waals surface area contributed by atoms with Gasteiger partial charge < -0.3 is 20.4 Å². The third-order valence-corrected chi connectivity index (χ3v) is 5.88. The molecule has 3 aromatic rings. The molecular formula is C28H30N2O5. The maximum Gasteiger partial charge on any atom is 0.336 e. The Kier molecular flexibility index (Phi) is 9.15. The minimum Gasteiger partial charge on any atom is -0.493 e. The number of rotatable bonds is 13. The molecule has 7 heteroatoms. The molecule has 0 aliphatic carbocycles. The van der Waals surface area contributed by atoms with Crippen LogP contribution in [0.2, 0.25) is 0 Å². The molecule has 0 spiro atoms. The van der Waals surface area contributed by atoms with Crippen molar-refractivity contribution in [3.8, 4) is 5.75 Å². The molecule has 0 aliphatic rings. The number of aromatic carboxylic acids is 1. The molecule has 0 radical (unpaired) electrons. The Morgan fingerprint density at radius 2 is 1.60 bits per heavy atom. The predicted octanol–water partition coefficient (Wildman–Crippen LogP) is 4.64. The standard InChI is InChI=1S/C28H30N2O5/c1-2-20(26(29)21-8-4-3-5-9-21)18-35-23-14-12-19(13-15-23)16-25(28(33)34)30-17-22-10-6-7-11-24(22)27(31)32/h3-15,20,25,29-30H,2,16-18H2,1H3,(H,31,32)(H,33,34). The van der Waals surface area contributed by atoms with E-state index in [1.807, 2.05) is 49.4 Å². The molecule has 2 atom stereocenters. The van der Waals surface area contributed by atoms with E-state index < -0.39 is 18.0 Å². The molecule has 3 rings (SSSR count). The van der Waals surface area contributed by atoms with E-state index in [4.69, 9.17) is 10.1 Å². The molecule has 4 N–H and O–H groups in total. The van der Waals surface area contributed by atoms with Gasteiger partial charge in [0.05, 0.1) is 12.2 Å². The zero-order valence-corrected chi connectivity index (χ0v) is 19.6. The molecule has 0 bridgehead atoms. The van der Waals surface area contributed by atoms with Crippen molar-refractivity contribution < 1.29 is 24.5 Å². The van der Waals surface area contributed by atoms with E-state index >= 15 is 0 Å². The Labute approximate surface area is 204 Å². The van der Waals surface area contributed by atoms with Gasteiger partial charge in [0.15, 0.2) is 0 Å². The van der Waals surface area contributed by atoms with Gasteiger partial charge >= 0.3 is 11.9 Å². The molecule has 0 aliphatic heterocycles. The van der Waals surface area contributed by atoms with Gasteiger partial charge in [-0.2, -0.15) is 0 Å². The zero-order valence-electron chi connectivity index (χ0n) is 19.6. The van der Waals surface area contributed by atoms with Gasteiger partial charge in [0.2, 0.25) is 0 Å². The Morgan fingerprint density at radius 3 is 2.23 bits per heavy atom. The highest BCUT2D eigenvalue weighted by Gasteiger charge is 2.19. The molecule has 0 fully saturated rings. The fourth-order valence-electron chi connectivity index (χ4n) is 3.78. The van der Waals surface area contributed by atoms with E-state index in [1.54, 1.807) is 30.3 Å². The van der Waals surface area contributed by atoms with E-state index in [-0.39, 0.29) is 24.4 Å². The molecule has 3 aromatic carbocycles. The number of hydrogen-bond acceptors (Lipinski definition) is 5. The summed E-state index contributed by atoms with van der Waals surface area (Å²) in [6.45, 7) is 2.54. The summed E-state index contributed by atoms with van der Waals surface area (Å²) in [6.07, 6.45) is 1.02. The van der Waals surface area contributed by atoms with E-state index in [9.17, 15) is 19.8 Å². The van der Waals surface area contributed by atoms with Crippen LogP contribution in [0.25, 0.3) is 0 Å². The van der Waals surface area contributed by atoms with Crippen molar-refractivity contribution in [2.75, 3.05) is 6.61 Å². The van der Waals surface area contributed by atoms with E-state index in [2.05, 4.69) is 5.32 Å². The zero-order chi connectivity index (χ0) is 25.2. The second-order valence-electron chi connectivity index (χ2n) is 8.28. The number of carboxylic acids is 2. The number of aliphatic carboxylic acids is 1. The Balaban J connectivity index is 1.57. The van der Waals surface area contributed by atoms with Crippen molar-refractivity contribution in [3.63, 3.8) is 0 Å². The van der Waals surface area contributed by atoms with Crippen LogP contribution in [-0.2, 0) is 17.8 Å². The molecule has 35 heavy (non-hydrogen) atoms. The molecule has 0 amide bonds. The first-order chi connectivity index (χ1) is 16.9. The summed E-state index contributed by atoms with van der Waals surface area (Å²) in [5.41, 5.74) is 2.92. The average molecular weight is 475 g/mol. The first-order valence-electron chi connectivity index (χ1n) is 11.5. The van der Waals surface area contributed by atoms with Crippen molar-refractivity contribution in [2.45, 2.75) is 32.4 Å². The van der Waals surface area contributed by atoms with Crippen LogP contribution in [0.5, 0.6) is 5.75 Å². The molecule has 2 unspecified atom stereocenters. The Morgan fingerprint density at radius 1 is 0.943 bits per heavy atom. The second kappa shape index (κ2) is 12.5. The topological polar surface area (TPSA) is 120 Å². The van der Waals surface area contributed by atoms with Crippen molar-refractivity contribution in [1.82, 2.24) is 5.32 Å². The summed E-state index contributed by atoms with van der Waals surface area (Å²) in [5.74, 6) is -1.44. The number of carbonyl (C=O) groups is 2. The monoisotopic (exact) mass is 474 g/mol. The lowest BCUT2D eigenvalue weighted by atomic mass is 9.95. The number of ether oxygens (including phenoxy) is 1. The van der Waals surface area contributed by atoms with Crippen LogP contribution in [0.4, 0.5) is 0 Å². The third kappa shape index (κ3) is 7.25. The lowest BCUT2D eigenvalue weighted by molar-refractivity contribution is -0.139. The largest absolute Gasteiger partial charge is 0.493 e. The van der Waals surface area contributed by atoms with Gasteiger partial charge in [0, 0.05) is 18.2 Å². The van der Waals surface area contributed by atoms with Crippen molar-refractivity contribution in [2.24, 2.45) is 5.92 Å². The summed E-state index contributed by atoms with van der Waals surface area (Å²) >= 11 is 0. The van der Waals surface area contributed by atoms with Gasteiger partial charge in [-0.15, -0.1) is 0 Å². The fraction of sp³-hybridized carbons (Fsp3) is 0.250. The normalized spacial score (nSPS) is 12.5. The summed E-state index contributed by atoms with van der Waals surface area (Å²) in [7, 11) is 0. The van der Waals surface area contributed by atoms with Gasteiger partial charge in [-0.3, -0.25) is 10.1 Å². The van der Waals surface area contributed by atoms with Crippen LogP contribution in [0.15, 0.2) is 78.9 Å². The second-order valence-corrected chi connectivity index (χ2v) is 8.28. The average Bonchev–Trinajstić information content (AvgIpc) is 2.88. The van der Waals surface area contributed by atoms with Gasteiger partial charge in [0.1, 0.15) is 11.8 Å². The molecule has 7 nitrogen and oxygen atoms in total. The molecule has 0 heterocycles. The van der Waals surface area contributed by atoms with Gasteiger partial charge in [0.25, 0.3) is 0 Å². The lowest BCUT2D eigenvalue weighted by Crippen LogP contribution is -2.38. The highest BCUT2D eigenvalue weighted by molar-refractivity contribution is 6.00. The fourth-order valence-corrected chi connectivity index (χ4v) is 3.78. The summed E-state index contributed by atoms with van der Waals surface area (Å²) in [4.78, 5) is 23.2. The third-order valence-electron chi connectivity index (χ3n) is 5.88. The minimum absolute atomic E-state index is 0.0358. The van der Waals surface area contributed by atoms with Crippen LogP contribution < -0.4 is 10.1 Å². The highest BCUT2D eigenvalue weighted by Crippen LogP contribution is 2.18. The van der Waals surface area contributed by atoms with Gasteiger partial charge in [-0.05, 0) is 47.7 Å². The molecule has 0 aromatic heterocycles. The van der Waals surface area contributed by atoms with Crippen molar-refractivity contribution in [3.05, 3.63) is 101 Å². The smallest absolute Gasteiger partial charge is 0.336 e. The maximum atomic E-state index is 11.8. The number of carboxylic acid groups (broad SMARTS) is 2. The quantitative estimate of drug-likeness (QED) is 0.268. The van der Waals surface area contributed by atoms with Crippen LogP contribution in [-0.4, -0.2) is 40.5 Å².